The molecule has 19 heavy (non-hydrogen) atoms. The van der Waals surface area contributed by atoms with Crippen molar-refractivity contribution in [2.24, 2.45) is 0 Å². The van der Waals surface area contributed by atoms with Crippen LogP contribution >= 0.6 is 11.3 Å². The number of anilines is 2. The lowest BCUT2D eigenvalue weighted by Gasteiger charge is -2.03. The van der Waals surface area contributed by atoms with Crippen LogP contribution in [0.1, 0.15) is 34.3 Å². The van der Waals surface area contributed by atoms with Gasteiger partial charge in [-0.2, -0.15) is 0 Å². The molecular weight excluding hydrogens is 260 g/mol. The molecule has 0 aliphatic heterocycles. The number of carboxylic acid groups (broad SMARTS) is 1. The fraction of sp³-hybridized carbons (Fsp3) is 0.286. The van der Waals surface area contributed by atoms with E-state index in [-0.39, 0.29) is 5.69 Å². The number of nitrogens with zero attached hydrogens (tertiary/aromatic N) is 1. The number of hydrogen-bond donors (Lipinski definition) is 2. The van der Waals surface area contributed by atoms with Crippen molar-refractivity contribution in [3.05, 3.63) is 40.4 Å². The van der Waals surface area contributed by atoms with Crippen LogP contribution < -0.4 is 5.32 Å². The van der Waals surface area contributed by atoms with Crippen molar-refractivity contribution in [2.45, 2.75) is 26.7 Å². The molecular formula is C14H16N2O2S. The van der Waals surface area contributed by atoms with E-state index >= 15 is 0 Å². The summed E-state index contributed by atoms with van der Waals surface area (Å²) in [5.41, 5.74) is 2.34. The maximum Gasteiger partial charge on any atom is 0.355 e. The Labute approximate surface area is 116 Å². The number of aromatic carboxylic acids is 1. The topological polar surface area (TPSA) is 62.2 Å². The van der Waals surface area contributed by atoms with Gasteiger partial charge in [0.25, 0.3) is 0 Å². The van der Waals surface area contributed by atoms with Crippen molar-refractivity contribution in [1.82, 2.24) is 4.98 Å². The molecule has 0 unspecified atom stereocenters. The van der Waals surface area contributed by atoms with Crippen molar-refractivity contribution in [2.75, 3.05) is 5.32 Å². The molecule has 2 aromatic rings. The van der Waals surface area contributed by atoms with E-state index in [1.165, 1.54) is 16.9 Å². The monoisotopic (exact) mass is 276 g/mol. The predicted octanol–water partition coefficient (Wildman–Crippen LogP) is 3.85. The molecule has 4 nitrogen and oxygen atoms in total. The Morgan fingerprint density at radius 3 is 2.58 bits per heavy atom. The molecule has 5 heteroatoms. The van der Waals surface area contributed by atoms with Gasteiger partial charge in [-0.3, -0.25) is 0 Å². The Morgan fingerprint density at radius 1 is 1.37 bits per heavy atom. The normalized spacial score (nSPS) is 10.4. The SMILES string of the molecule is CCCc1ccc(Nc2nc(C(=O)O)c(C)s2)cc1. The van der Waals surface area contributed by atoms with Gasteiger partial charge in [0.1, 0.15) is 0 Å². The summed E-state index contributed by atoms with van der Waals surface area (Å²) in [7, 11) is 0. The Hall–Kier alpha value is -1.88. The minimum absolute atomic E-state index is 0.120. The number of aromatic nitrogens is 1. The van der Waals surface area contributed by atoms with E-state index in [2.05, 4.69) is 29.4 Å². The van der Waals surface area contributed by atoms with E-state index < -0.39 is 5.97 Å². The van der Waals surface area contributed by atoms with Gasteiger partial charge in [-0.1, -0.05) is 25.5 Å². The summed E-state index contributed by atoms with van der Waals surface area (Å²) < 4.78 is 0. The zero-order chi connectivity index (χ0) is 13.8. The van der Waals surface area contributed by atoms with Gasteiger partial charge in [-0.25, -0.2) is 9.78 Å². The first-order valence-electron chi connectivity index (χ1n) is 6.17. The number of carbonyl (C=O) groups is 1. The molecule has 0 amide bonds. The van der Waals surface area contributed by atoms with E-state index in [9.17, 15) is 4.79 Å². The molecule has 100 valence electrons. The van der Waals surface area contributed by atoms with Crippen LogP contribution in [0.25, 0.3) is 0 Å². The summed E-state index contributed by atoms with van der Waals surface area (Å²) >= 11 is 1.35. The molecule has 0 aliphatic carbocycles. The Bertz CT molecular complexity index is 576. The lowest BCUT2D eigenvalue weighted by molar-refractivity contribution is 0.0690. The van der Waals surface area contributed by atoms with Crippen molar-refractivity contribution in [3.63, 3.8) is 0 Å². The van der Waals surface area contributed by atoms with Gasteiger partial charge in [0.2, 0.25) is 0 Å². The zero-order valence-electron chi connectivity index (χ0n) is 10.9. The number of aryl methyl sites for hydroxylation is 2. The molecule has 1 aromatic heterocycles. The van der Waals surface area contributed by atoms with Gasteiger partial charge in [0.05, 0.1) is 0 Å². The number of thiazole rings is 1. The largest absolute Gasteiger partial charge is 0.476 e. The fourth-order valence-corrected chi connectivity index (χ4v) is 2.64. The average Bonchev–Trinajstić information content (AvgIpc) is 2.73. The Balaban J connectivity index is 2.12. The van der Waals surface area contributed by atoms with Crippen LogP contribution in [0.2, 0.25) is 0 Å². The first-order chi connectivity index (χ1) is 9.10. The smallest absolute Gasteiger partial charge is 0.355 e. The summed E-state index contributed by atoms with van der Waals surface area (Å²) in [4.78, 5) is 15.7. The molecule has 0 saturated carbocycles. The zero-order valence-corrected chi connectivity index (χ0v) is 11.8. The third-order valence-electron chi connectivity index (χ3n) is 2.74. The lowest BCUT2D eigenvalue weighted by Crippen LogP contribution is -1.99. The van der Waals surface area contributed by atoms with E-state index in [4.69, 9.17) is 5.11 Å². The third kappa shape index (κ3) is 3.32. The molecule has 0 spiro atoms. The quantitative estimate of drug-likeness (QED) is 0.870. The maximum atomic E-state index is 10.9. The second-order valence-electron chi connectivity index (χ2n) is 4.30. The van der Waals surface area contributed by atoms with Crippen molar-refractivity contribution >= 4 is 28.1 Å². The van der Waals surface area contributed by atoms with Crippen LogP contribution in [0.4, 0.5) is 10.8 Å². The molecule has 0 bridgehead atoms. The molecule has 0 fully saturated rings. The summed E-state index contributed by atoms with van der Waals surface area (Å²) in [6, 6.07) is 8.12. The van der Waals surface area contributed by atoms with Crippen molar-refractivity contribution < 1.29 is 9.90 Å². The van der Waals surface area contributed by atoms with Gasteiger partial charge in [-0.15, -0.1) is 11.3 Å². The number of carboxylic acids is 1. The number of rotatable bonds is 5. The summed E-state index contributed by atoms with van der Waals surface area (Å²) in [6.45, 7) is 3.91. The van der Waals surface area contributed by atoms with Gasteiger partial charge in [0.15, 0.2) is 10.8 Å². The highest BCUT2D eigenvalue weighted by Crippen LogP contribution is 2.25. The maximum absolute atomic E-state index is 10.9. The molecule has 0 saturated heterocycles. The van der Waals surface area contributed by atoms with E-state index in [0.717, 1.165) is 18.5 Å². The van der Waals surface area contributed by atoms with Gasteiger partial charge in [-0.05, 0) is 31.0 Å². The Morgan fingerprint density at radius 2 is 2.05 bits per heavy atom. The highest BCUT2D eigenvalue weighted by molar-refractivity contribution is 7.15. The molecule has 0 aliphatic rings. The molecule has 0 radical (unpaired) electrons. The van der Waals surface area contributed by atoms with Gasteiger partial charge >= 0.3 is 5.97 Å². The van der Waals surface area contributed by atoms with Gasteiger partial charge in [0, 0.05) is 10.6 Å². The summed E-state index contributed by atoms with van der Waals surface area (Å²) in [6.07, 6.45) is 2.19. The highest BCUT2D eigenvalue weighted by atomic mass is 32.1. The Kier molecular flexibility index (Phi) is 4.16. The fourth-order valence-electron chi connectivity index (χ4n) is 1.82. The van der Waals surface area contributed by atoms with Crippen LogP contribution in [0, 0.1) is 6.92 Å². The third-order valence-corrected chi connectivity index (χ3v) is 3.63. The molecule has 2 N–H and O–H groups in total. The van der Waals surface area contributed by atoms with Crippen LogP contribution in [-0.2, 0) is 6.42 Å². The van der Waals surface area contributed by atoms with E-state index in [1.807, 2.05) is 12.1 Å². The van der Waals surface area contributed by atoms with Crippen LogP contribution in [0.5, 0.6) is 0 Å². The summed E-state index contributed by atoms with van der Waals surface area (Å²) in [5.74, 6) is -0.986. The van der Waals surface area contributed by atoms with E-state index in [0.29, 0.717) is 10.0 Å². The molecule has 1 aromatic carbocycles. The van der Waals surface area contributed by atoms with Crippen LogP contribution in [-0.4, -0.2) is 16.1 Å². The first-order valence-corrected chi connectivity index (χ1v) is 6.98. The first kappa shape index (κ1) is 13.5. The minimum Gasteiger partial charge on any atom is -0.476 e. The summed E-state index contributed by atoms with van der Waals surface area (Å²) in [5, 5.41) is 12.7. The molecule has 2 rings (SSSR count). The predicted molar refractivity (Wildman–Crippen MR) is 77.5 cm³/mol. The highest BCUT2D eigenvalue weighted by Gasteiger charge is 2.13. The van der Waals surface area contributed by atoms with Crippen LogP contribution in [0.3, 0.4) is 0 Å². The van der Waals surface area contributed by atoms with Gasteiger partial charge < -0.3 is 10.4 Å². The lowest BCUT2D eigenvalue weighted by atomic mass is 10.1. The second-order valence-corrected chi connectivity index (χ2v) is 5.50. The average molecular weight is 276 g/mol. The number of hydrogen-bond acceptors (Lipinski definition) is 4. The number of benzene rings is 1. The number of nitrogens with one attached hydrogen (secondary N) is 1. The molecule has 1 heterocycles. The van der Waals surface area contributed by atoms with Crippen molar-refractivity contribution in [1.29, 1.82) is 0 Å². The van der Waals surface area contributed by atoms with Crippen LogP contribution in [0.15, 0.2) is 24.3 Å². The molecule has 0 atom stereocenters. The standard InChI is InChI=1S/C14H16N2O2S/c1-3-4-10-5-7-11(8-6-10)15-14-16-12(13(17)18)9(2)19-14/h5-8H,3-4H2,1-2H3,(H,15,16)(H,17,18). The van der Waals surface area contributed by atoms with E-state index in [1.54, 1.807) is 6.92 Å². The van der Waals surface area contributed by atoms with Crippen molar-refractivity contribution in [3.8, 4) is 0 Å². The second kappa shape index (κ2) is 5.84. The minimum atomic E-state index is -0.986.